The number of likely N-dealkylation sites (N-methyl/N-ethyl adjacent to an activating group) is 1. The Morgan fingerprint density at radius 2 is 2.16 bits per heavy atom. The molecule has 0 aliphatic carbocycles. The first-order valence-electron chi connectivity index (χ1n) is 5.98. The fourth-order valence-electron chi connectivity index (χ4n) is 1.88. The summed E-state index contributed by atoms with van der Waals surface area (Å²) in [6.07, 6.45) is 0.112. The third-order valence-corrected chi connectivity index (χ3v) is 3.72. The average molecular weight is 374 g/mol. The maximum Gasteiger partial charge on any atom is 0.323 e. The zero-order chi connectivity index (χ0) is 13.8. The van der Waals surface area contributed by atoms with Gasteiger partial charge in [0.15, 0.2) is 0 Å². The molecule has 1 unspecified atom stereocenters. The van der Waals surface area contributed by atoms with Crippen LogP contribution in [0.1, 0.15) is 6.42 Å². The SMILES string of the molecule is CN1CCOC(=O)C1CC(=O)Nc1ccc(I)cc1. The third kappa shape index (κ3) is 3.90. The number of nitrogens with zero attached hydrogens (tertiary/aromatic N) is 1. The lowest BCUT2D eigenvalue weighted by Gasteiger charge is -2.30. The van der Waals surface area contributed by atoms with Crippen LogP contribution in [-0.2, 0) is 14.3 Å². The first-order chi connectivity index (χ1) is 9.06. The smallest absolute Gasteiger partial charge is 0.323 e. The molecular formula is C13H15IN2O3. The molecule has 1 N–H and O–H groups in total. The number of hydrogen-bond acceptors (Lipinski definition) is 4. The second-order valence-corrected chi connectivity index (χ2v) is 5.67. The molecule has 0 aromatic heterocycles. The number of carbonyl (C=O) groups excluding carboxylic acids is 2. The quantitative estimate of drug-likeness (QED) is 0.643. The van der Waals surface area contributed by atoms with Crippen LogP contribution in [0.25, 0.3) is 0 Å². The number of amides is 1. The van der Waals surface area contributed by atoms with Crippen LogP contribution in [0.5, 0.6) is 0 Å². The molecule has 6 heteroatoms. The molecule has 0 saturated carbocycles. The van der Waals surface area contributed by atoms with Gasteiger partial charge in [0.25, 0.3) is 0 Å². The summed E-state index contributed by atoms with van der Waals surface area (Å²) in [6.45, 7) is 1.05. The number of anilines is 1. The summed E-state index contributed by atoms with van der Waals surface area (Å²) in [7, 11) is 1.82. The minimum absolute atomic E-state index is 0.112. The summed E-state index contributed by atoms with van der Waals surface area (Å²) in [5.74, 6) is -0.511. The Morgan fingerprint density at radius 1 is 1.47 bits per heavy atom. The van der Waals surface area contributed by atoms with E-state index in [9.17, 15) is 9.59 Å². The predicted octanol–water partition coefficient (Wildman–Crippen LogP) is 1.48. The van der Waals surface area contributed by atoms with Crippen molar-refractivity contribution in [2.75, 3.05) is 25.5 Å². The molecule has 1 atom stereocenters. The number of rotatable bonds is 3. The Bertz CT molecular complexity index is 475. The molecule has 2 rings (SSSR count). The molecule has 1 fully saturated rings. The molecule has 1 heterocycles. The van der Waals surface area contributed by atoms with E-state index in [1.54, 1.807) is 0 Å². The minimum Gasteiger partial charge on any atom is -0.463 e. The van der Waals surface area contributed by atoms with Gasteiger partial charge in [-0.05, 0) is 53.9 Å². The molecule has 1 saturated heterocycles. The van der Waals surface area contributed by atoms with E-state index >= 15 is 0 Å². The Labute approximate surface area is 125 Å². The highest BCUT2D eigenvalue weighted by atomic mass is 127. The first kappa shape index (κ1) is 14.3. The second kappa shape index (κ2) is 6.33. The molecule has 1 aromatic rings. The zero-order valence-corrected chi connectivity index (χ0v) is 12.7. The van der Waals surface area contributed by atoms with E-state index in [-0.39, 0.29) is 18.3 Å². The number of carbonyl (C=O) groups is 2. The molecule has 0 spiro atoms. The van der Waals surface area contributed by atoms with E-state index in [1.165, 1.54) is 0 Å². The van der Waals surface area contributed by atoms with Gasteiger partial charge in [0.1, 0.15) is 12.6 Å². The summed E-state index contributed by atoms with van der Waals surface area (Å²) < 4.78 is 6.07. The van der Waals surface area contributed by atoms with Crippen LogP contribution in [0.15, 0.2) is 24.3 Å². The van der Waals surface area contributed by atoms with Crippen LogP contribution in [0.3, 0.4) is 0 Å². The van der Waals surface area contributed by atoms with Gasteiger partial charge >= 0.3 is 5.97 Å². The number of morpholine rings is 1. The zero-order valence-electron chi connectivity index (χ0n) is 10.6. The fourth-order valence-corrected chi connectivity index (χ4v) is 2.24. The largest absolute Gasteiger partial charge is 0.463 e. The standard InChI is InChI=1S/C13H15IN2O3/c1-16-6-7-19-13(18)11(16)8-12(17)15-10-4-2-9(14)3-5-10/h2-5,11H,6-8H2,1H3,(H,15,17). The Balaban J connectivity index is 1.93. The lowest BCUT2D eigenvalue weighted by Crippen LogP contribution is -2.48. The molecule has 5 nitrogen and oxygen atoms in total. The number of benzene rings is 1. The van der Waals surface area contributed by atoms with E-state index in [4.69, 9.17) is 4.74 Å². The van der Waals surface area contributed by atoms with Crippen molar-refractivity contribution in [3.8, 4) is 0 Å². The predicted molar refractivity (Wildman–Crippen MR) is 79.8 cm³/mol. The van der Waals surface area contributed by atoms with E-state index in [2.05, 4.69) is 27.9 Å². The van der Waals surface area contributed by atoms with Crippen LogP contribution in [0, 0.1) is 3.57 Å². The van der Waals surface area contributed by atoms with Crippen molar-refractivity contribution in [2.24, 2.45) is 0 Å². The highest BCUT2D eigenvalue weighted by Crippen LogP contribution is 2.14. The highest BCUT2D eigenvalue weighted by Gasteiger charge is 2.30. The molecule has 102 valence electrons. The molecular weight excluding hydrogens is 359 g/mol. The number of nitrogens with one attached hydrogen (secondary N) is 1. The van der Waals surface area contributed by atoms with Crippen molar-refractivity contribution in [1.29, 1.82) is 0 Å². The van der Waals surface area contributed by atoms with Gasteiger partial charge in [0.2, 0.25) is 5.91 Å². The summed E-state index contributed by atoms with van der Waals surface area (Å²) >= 11 is 2.20. The summed E-state index contributed by atoms with van der Waals surface area (Å²) in [5.41, 5.74) is 0.734. The van der Waals surface area contributed by atoms with Gasteiger partial charge < -0.3 is 10.1 Å². The van der Waals surface area contributed by atoms with Crippen molar-refractivity contribution in [2.45, 2.75) is 12.5 Å². The van der Waals surface area contributed by atoms with E-state index in [0.29, 0.717) is 13.2 Å². The number of esters is 1. The monoisotopic (exact) mass is 374 g/mol. The Kier molecular flexibility index (Phi) is 4.76. The van der Waals surface area contributed by atoms with Gasteiger partial charge in [-0.2, -0.15) is 0 Å². The van der Waals surface area contributed by atoms with Gasteiger partial charge in [-0.25, -0.2) is 0 Å². The maximum atomic E-state index is 11.9. The van der Waals surface area contributed by atoms with E-state index in [0.717, 1.165) is 9.26 Å². The van der Waals surface area contributed by atoms with Gasteiger partial charge in [-0.3, -0.25) is 14.5 Å². The molecule has 0 bridgehead atoms. The van der Waals surface area contributed by atoms with Crippen molar-refractivity contribution in [3.05, 3.63) is 27.8 Å². The normalized spacial score (nSPS) is 19.9. The molecule has 1 amide bonds. The topological polar surface area (TPSA) is 58.6 Å². The fraction of sp³-hybridized carbons (Fsp3) is 0.385. The van der Waals surface area contributed by atoms with Crippen LogP contribution in [0.2, 0.25) is 0 Å². The van der Waals surface area contributed by atoms with Crippen molar-refractivity contribution in [3.63, 3.8) is 0 Å². The lowest BCUT2D eigenvalue weighted by atomic mass is 10.1. The summed E-state index contributed by atoms with van der Waals surface area (Å²) in [4.78, 5) is 25.3. The van der Waals surface area contributed by atoms with Gasteiger partial charge in [0, 0.05) is 15.8 Å². The minimum atomic E-state index is -0.488. The summed E-state index contributed by atoms with van der Waals surface area (Å²) in [6, 6.07) is 7.01. The first-order valence-corrected chi connectivity index (χ1v) is 7.06. The highest BCUT2D eigenvalue weighted by molar-refractivity contribution is 14.1. The van der Waals surface area contributed by atoms with Crippen molar-refractivity contribution < 1.29 is 14.3 Å². The van der Waals surface area contributed by atoms with Crippen molar-refractivity contribution in [1.82, 2.24) is 4.90 Å². The average Bonchev–Trinajstić information content (AvgIpc) is 2.37. The number of hydrogen-bond donors (Lipinski definition) is 1. The number of halogens is 1. The molecule has 19 heavy (non-hydrogen) atoms. The van der Waals surface area contributed by atoms with Crippen LogP contribution >= 0.6 is 22.6 Å². The van der Waals surface area contributed by atoms with Gasteiger partial charge in [0.05, 0.1) is 6.42 Å². The van der Waals surface area contributed by atoms with E-state index in [1.807, 2.05) is 36.2 Å². The molecule has 1 aliphatic heterocycles. The molecule has 1 aliphatic rings. The number of cyclic esters (lactones) is 1. The maximum absolute atomic E-state index is 11.9. The Hall–Kier alpha value is -1.15. The van der Waals surface area contributed by atoms with Crippen molar-refractivity contribution >= 4 is 40.2 Å². The van der Waals surface area contributed by atoms with Crippen LogP contribution in [-0.4, -0.2) is 43.0 Å². The number of ether oxygens (including phenoxy) is 1. The Morgan fingerprint density at radius 3 is 2.79 bits per heavy atom. The van der Waals surface area contributed by atoms with Gasteiger partial charge in [-0.1, -0.05) is 0 Å². The molecule has 1 aromatic carbocycles. The molecule has 0 radical (unpaired) electrons. The third-order valence-electron chi connectivity index (χ3n) is 3.00. The summed E-state index contributed by atoms with van der Waals surface area (Å²) in [5, 5.41) is 2.78. The second-order valence-electron chi connectivity index (χ2n) is 4.42. The van der Waals surface area contributed by atoms with Crippen LogP contribution in [0.4, 0.5) is 5.69 Å². The van der Waals surface area contributed by atoms with E-state index < -0.39 is 6.04 Å². The lowest BCUT2D eigenvalue weighted by molar-refractivity contribution is -0.157. The van der Waals surface area contributed by atoms with Gasteiger partial charge in [-0.15, -0.1) is 0 Å². The van der Waals surface area contributed by atoms with Crippen LogP contribution < -0.4 is 5.32 Å².